The number of aromatic nitrogens is 1. The predicted molar refractivity (Wildman–Crippen MR) is 105 cm³/mol. The number of piperidine rings is 3. The van der Waals surface area contributed by atoms with Crippen LogP contribution in [0.5, 0.6) is 0 Å². The highest BCUT2D eigenvalue weighted by Crippen LogP contribution is 2.38. The van der Waals surface area contributed by atoms with Crippen molar-refractivity contribution >= 4 is 27.5 Å². The first-order valence-electron chi connectivity index (χ1n) is 9.90. The quantitative estimate of drug-likeness (QED) is 0.872. The van der Waals surface area contributed by atoms with Gasteiger partial charge in [-0.2, -0.15) is 0 Å². The Morgan fingerprint density at radius 1 is 1.27 bits per heavy atom. The molecule has 5 rings (SSSR count). The Balaban J connectivity index is 1.30. The van der Waals surface area contributed by atoms with E-state index in [1.54, 1.807) is 0 Å². The van der Waals surface area contributed by atoms with Crippen molar-refractivity contribution in [1.82, 2.24) is 20.5 Å². The minimum absolute atomic E-state index is 0.0225. The molecule has 26 heavy (non-hydrogen) atoms. The second kappa shape index (κ2) is 6.91. The first-order valence-corrected chi connectivity index (χ1v) is 10.7. The molecule has 3 saturated heterocycles. The van der Waals surface area contributed by atoms with Gasteiger partial charge in [-0.3, -0.25) is 9.69 Å². The maximum Gasteiger partial charge on any atom is 0.280 e. The van der Waals surface area contributed by atoms with Crippen molar-refractivity contribution in [2.24, 2.45) is 11.8 Å². The van der Waals surface area contributed by atoms with E-state index in [1.807, 2.05) is 24.3 Å². The number of thiazole rings is 1. The lowest BCUT2D eigenvalue weighted by Gasteiger charge is -2.55. The van der Waals surface area contributed by atoms with Crippen LogP contribution in [0, 0.1) is 11.8 Å². The van der Waals surface area contributed by atoms with E-state index >= 15 is 0 Å². The fourth-order valence-corrected chi connectivity index (χ4v) is 6.17. The molecule has 3 aliphatic heterocycles. The molecule has 0 saturated carbocycles. The van der Waals surface area contributed by atoms with Gasteiger partial charge in [0.15, 0.2) is 5.01 Å². The third-order valence-electron chi connectivity index (χ3n) is 6.48. The zero-order chi connectivity index (χ0) is 17.5. The first-order chi connectivity index (χ1) is 12.8. The van der Waals surface area contributed by atoms with E-state index in [9.17, 15) is 4.79 Å². The Labute approximate surface area is 158 Å². The fourth-order valence-electron chi connectivity index (χ4n) is 5.29. The topological polar surface area (TPSA) is 57.3 Å². The summed E-state index contributed by atoms with van der Waals surface area (Å²) < 4.78 is 1.07. The standard InChI is InChI=1S/C20H26N4OS/c25-19(20-23-15-5-1-2-7-18(15)26-20)22-12-17-14-9-13(10-21-11-14)16-6-3-4-8-24(16)17/h1-2,5,7,13-14,16-17,21H,3-4,6,8-12H2,(H,22,25)/t13-,14+,16+,17+/m1/s1. The first kappa shape index (κ1) is 16.7. The SMILES string of the molecule is O=C(NC[C@H]1[C@@H]2CNC[C@@H](C2)[C@@H]2CCCCN21)c1nc2ccccc2s1. The molecule has 0 unspecified atom stereocenters. The molecule has 3 fully saturated rings. The van der Waals surface area contributed by atoms with Gasteiger partial charge in [0, 0.05) is 18.6 Å². The fraction of sp³-hybridized carbons (Fsp3) is 0.600. The zero-order valence-corrected chi connectivity index (χ0v) is 15.8. The highest BCUT2D eigenvalue weighted by molar-refractivity contribution is 7.20. The Morgan fingerprint density at radius 2 is 2.15 bits per heavy atom. The molecule has 1 amide bonds. The number of hydrogen-bond donors (Lipinski definition) is 2. The van der Waals surface area contributed by atoms with Crippen molar-refractivity contribution < 1.29 is 4.79 Å². The molecule has 138 valence electrons. The molecular weight excluding hydrogens is 344 g/mol. The Hall–Kier alpha value is -1.50. The van der Waals surface area contributed by atoms with Gasteiger partial charge in [-0.15, -0.1) is 11.3 Å². The number of para-hydroxylation sites is 1. The van der Waals surface area contributed by atoms with Crippen LogP contribution < -0.4 is 10.6 Å². The van der Waals surface area contributed by atoms with Crippen LogP contribution in [0.25, 0.3) is 10.2 Å². The average Bonchev–Trinajstić information content (AvgIpc) is 3.12. The number of rotatable bonds is 3. The number of carbonyl (C=O) groups excluding carboxylic acids is 1. The monoisotopic (exact) mass is 370 g/mol. The summed E-state index contributed by atoms with van der Waals surface area (Å²) >= 11 is 1.48. The number of amides is 1. The van der Waals surface area contributed by atoms with Crippen LogP contribution in [-0.2, 0) is 0 Å². The number of fused-ring (bicyclic) bond motifs is 5. The molecule has 2 N–H and O–H groups in total. The molecule has 6 heteroatoms. The van der Waals surface area contributed by atoms with E-state index in [0.717, 1.165) is 29.2 Å². The summed E-state index contributed by atoms with van der Waals surface area (Å²) in [4.78, 5) is 19.9. The summed E-state index contributed by atoms with van der Waals surface area (Å²) in [6.45, 7) is 4.19. The maximum atomic E-state index is 12.7. The Bertz CT molecular complexity index is 773. The molecule has 4 heterocycles. The van der Waals surface area contributed by atoms with Gasteiger partial charge in [-0.05, 0) is 62.9 Å². The summed E-state index contributed by atoms with van der Waals surface area (Å²) in [5.74, 6) is 1.43. The lowest BCUT2D eigenvalue weighted by atomic mass is 9.73. The molecule has 2 aromatic rings. The molecule has 0 aliphatic carbocycles. The molecule has 5 nitrogen and oxygen atoms in total. The smallest absolute Gasteiger partial charge is 0.280 e. The largest absolute Gasteiger partial charge is 0.348 e. The van der Waals surface area contributed by atoms with E-state index in [2.05, 4.69) is 20.5 Å². The highest BCUT2D eigenvalue weighted by Gasteiger charge is 2.45. The number of nitrogens with zero attached hydrogens (tertiary/aromatic N) is 2. The van der Waals surface area contributed by atoms with Crippen LogP contribution in [0.3, 0.4) is 0 Å². The summed E-state index contributed by atoms with van der Waals surface area (Å²) in [6, 6.07) is 9.12. The minimum Gasteiger partial charge on any atom is -0.348 e. The van der Waals surface area contributed by atoms with E-state index in [-0.39, 0.29) is 5.91 Å². The predicted octanol–water partition coefficient (Wildman–Crippen LogP) is 2.49. The molecule has 0 radical (unpaired) electrons. The highest BCUT2D eigenvalue weighted by atomic mass is 32.1. The normalized spacial score (nSPS) is 31.5. The lowest BCUT2D eigenvalue weighted by molar-refractivity contribution is -0.0371. The summed E-state index contributed by atoms with van der Waals surface area (Å²) in [5, 5.41) is 7.42. The van der Waals surface area contributed by atoms with E-state index in [0.29, 0.717) is 23.0 Å². The van der Waals surface area contributed by atoms with Gasteiger partial charge < -0.3 is 10.6 Å². The molecular formula is C20H26N4OS. The van der Waals surface area contributed by atoms with Crippen LogP contribution in [0.4, 0.5) is 0 Å². The lowest BCUT2D eigenvalue weighted by Crippen LogP contribution is -2.65. The van der Waals surface area contributed by atoms with Crippen LogP contribution in [0.2, 0.25) is 0 Å². The number of benzene rings is 1. The van der Waals surface area contributed by atoms with Gasteiger partial charge in [0.05, 0.1) is 10.2 Å². The summed E-state index contributed by atoms with van der Waals surface area (Å²) in [6.07, 6.45) is 5.29. The zero-order valence-electron chi connectivity index (χ0n) is 15.0. The third kappa shape index (κ3) is 2.94. The van der Waals surface area contributed by atoms with Crippen LogP contribution >= 0.6 is 11.3 Å². The molecule has 2 bridgehead atoms. The Morgan fingerprint density at radius 3 is 3.08 bits per heavy atom. The Kier molecular flexibility index (Phi) is 4.43. The third-order valence-corrected chi connectivity index (χ3v) is 7.52. The second-order valence-corrected chi connectivity index (χ2v) is 9.01. The van der Waals surface area contributed by atoms with Gasteiger partial charge in [0.25, 0.3) is 5.91 Å². The number of nitrogens with one attached hydrogen (secondary N) is 2. The van der Waals surface area contributed by atoms with Crippen LogP contribution in [-0.4, -0.2) is 54.1 Å². The van der Waals surface area contributed by atoms with E-state index in [1.165, 1.54) is 50.1 Å². The van der Waals surface area contributed by atoms with E-state index in [4.69, 9.17) is 0 Å². The summed E-state index contributed by atoms with van der Waals surface area (Å²) in [7, 11) is 0. The maximum absolute atomic E-state index is 12.7. The number of hydrogen-bond acceptors (Lipinski definition) is 5. The van der Waals surface area contributed by atoms with Crippen LogP contribution in [0.15, 0.2) is 24.3 Å². The molecule has 1 aromatic carbocycles. The van der Waals surface area contributed by atoms with Crippen molar-refractivity contribution in [3.63, 3.8) is 0 Å². The molecule has 0 spiro atoms. The van der Waals surface area contributed by atoms with Crippen molar-refractivity contribution in [2.45, 2.75) is 37.8 Å². The van der Waals surface area contributed by atoms with E-state index < -0.39 is 0 Å². The van der Waals surface area contributed by atoms with Gasteiger partial charge in [-0.25, -0.2) is 4.98 Å². The van der Waals surface area contributed by atoms with Gasteiger partial charge in [0.2, 0.25) is 0 Å². The van der Waals surface area contributed by atoms with Crippen molar-refractivity contribution in [2.75, 3.05) is 26.2 Å². The number of carbonyl (C=O) groups is 1. The van der Waals surface area contributed by atoms with Crippen molar-refractivity contribution in [3.8, 4) is 0 Å². The molecule has 3 aliphatic rings. The van der Waals surface area contributed by atoms with Crippen LogP contribution in [0.1, 0.15) is 35.5 Å². The second-order valence-electron chi connectivity index (χ2n) is 7.98. The molecule has 4 atom stereocenters. The average molecular weight is 371 g/mol. The van der Waals surface area contributed by atoms with Gasteiger partial charge >= 0.3 is 0 Å². The minimum atomic E-state index is -0.0225. The molecule has 1 aromatic heterocycles. The van der Waals surface area contributed by atoms with Gasteiger partial charge in [-0.1, -0.05) is 18.6 Å². The summed E-state index contributed by atoms with van der Waals surface area (Å²) in [5.41, 5.74) is 0.913. The van der Waals surface area contributed by atoms with Gasteiger partial charge in [0.1, 0.15) is 0 Å². The van der Waals surface area contributed by atoms with Crippen molar-refractivity contribution in [1.29, 1.82) is 0 Å². The van der Waals surface area contributed by atoms with Crippen molar-refractivity contribution in [3.05, 3.63) is 29.3 Å².